The van der Waals surface area contributed by atoms with Gasteiger partial charge in [0.25, 0.3) is 5.91 Å². The SMILES string of the molecule is COc1ccc(Cl)cc1NC(=O)c1oc2ccc(S(=O)(=O)N3C[C@@H](C)C[C@H](C)C3)cc2c1C. The number of hydrogen-bond acceptors (Lipinski definition) is 5. The number of nitrogens with one attached hydrogen (secondary N) is 1. The third kappa shape index (κ3) is 4.60. The van der Waals surface area contributed by atoms with Gasteiger partial charge in [0.15, 0.2) is 5.76 Å². The van der Waals surface area contributed by atoms with Crippen LogP contribution in [0.15, 0.2) is 45.7 Å². The lowest BCUT2D eigenvalue weighted by atomic mass is 9.94. The van der Waals surface area contributed by atoms with Crippen LogP contribution in [0, 0.1) is 18.8 Å². The quantitative estimate of drug-likeness (QED) is 0.522. The maximum absolute atomic E-state index is 13.3. The van der Waals surface area contributed by atoms with Crippen molar-refractivity contribution in [1.29, 1.82) is 0 Å². The van der Waals surface area contributed by atoms with Gasteiger partial charge in [-0.1, -0.05) is 25.4 Å². The molecule has 0 bridgehead atoms. The number of benzene rings is 2. The third-order valence-corrected chi connectivity index (χ3v) is 8.06. The fourth-order valence-corrected chi connectivity index (χ4v) is 6.36. The van der Waals surface area contributed by atoms with Crippen LogP contribution >= 0.6 is 11.6 Å². The average molecular weight is 491 g/mol. The molecule has 4 rings (SSSR count). The van der Waals surface area contributed by atoms with Gasteiger partial charge < -0.3 is 14.5 Å². The number of nitrogens with zero attached hydrogens (tertiary/aromatic N) is 1. The number of carbonyl (C=O) groups is 1. The Morgan fingerprint density at radius 2 is 1.85 bits per heavy atom. The fraction of sp³-hybridized carbons (Fsp3) is 0.375. The molecule has 0 spiro atoms. The predicted molar refractivity (Wildman–Crippen MR) is 129 cm³/mol. The molecule has 1 aliphatic heterocycles. The van der Waals surface area contributed by atoms with Crippen LogP contribution < -0.4 is 10.1 Å². The molecule has 176 valence electrons. The molecule has 0 saturated carbocycles. The van der Waals surface area contributed by atoms with E-state index in [1.54, 1.807) is 41.6 Å². The molecular weight excluding hydrogens is 464 g/mol. The van der Waals surface area contributed by atoms with Crippen molar-refractivity contribution < 1.29 is 22.4 Å². The Bertz CT molecular complexity index is 1310. The maximum Gasteiger partial charge on any atom is 0.291 e. The molecule has 2 heterocycles. The summed E-state index contributed by atoms with van der Waals surface area (Å²) in [6, 6.07) is 9.62. The summed E-state index contributed by atoms with van der Waals surface area (Å²) in [7, 11) is -2.15. The van der Waals surface area contributed by atoms with E-state index < -0.39 is 15.9 Å². The van der Waals surface area contributed by atoms with Crippen LogP contribution in [0.25, 0.3) is 11.0 Å². The van der Waals surface area contributed by atoms with E-state index in [1.807, 2.05) is 0 Å². The van der Waals surface area contributed by atoms with Crippen LogP contribution in [0.5, 0.6) is 5.75 Å². The van der Waals surface area contributed by atoms with Gasteiger partial charge in [0.2, 0.25) is 10.0 Å². The Hall–Kier alpha value is -2.55. The summed E-state index contributed by atoms with van der Waals surface area (Å²) in [6.45, 7) is 6.88. The van der Waals surface area contributed by atoms with E-state index in [1.165, 1.54) is 13.2 Å². The van der Waals surface area contributed by atoms with Crippen molar-refractivity contribution in [1.82, 2.24) is 4.31 Å². The van der Waals surface area contributed by atoms with Crippen LogP contribution in [0.1, 0.15) is 36.4 Å². The van der Waals surface area contributed by atoms with E-state index in [0.29, 0.717) is 57.9 Å². The smallest absolute Gasteiger partial charge is 0.291 e. The highest BCUT2D eigenvalue weighted by atomic mass is 35.5. The van der Waals surface area contributed by atoms with Gasteiger partial charge in [0, 0.05) is 29.1 Å². The van der Waals surface area contributed by atoms with E-state index in [0.717, 1.165) is 6.42 Å². The van der Waals surface area contributed by atoms with Gasteiger partial charge in [-0.15, -0.1) is 0 Å². The Balaban J connectivity index is 1.66. The maximum atomic E-state index is 13.3. The third-order valence-electron chi connectivity index (χ3n) is 6.00. The first kappa shape index (κ1) is 23.6. The number of anilines is 1. The zero-order chi connectivity index (χ0) is 23.9. The number of carbonyl (C=O) groups excluding carboxylic acids is 1. The van der Waals surface area contributed by atoms with Crippen LogP contribution in [0.3, 0.4) is 0 Å². The number of amides is 1. The molecular formula is C24H27ClN2O5S. The van der Waals surface area contributed by atoms with E-state index in [4.69, 9.17) is 20.8 Å². The first-order valence-electron chi connectivity index (χ1n) is 10.8. The van der Waals surface area contributed by atoms with Crippen molar-refractivity contribution in [3.8, 4) is 5.75 Å². The summed E-state index contributed by atoms with van der Waals surface area (Å²) in [5.41, 5.74) is 1.41. The molecule has 0 radical (unpaired) electrons. The highest BCUT2D eigenvalue weighted by Gasteiger charge is 2.32. The molecule has 2 aromatic carbocycles. The largest absolute Gasteiger partial charge is 0.495 e. The molecule has 1 aliphatic rings. The van der Waals surface area contributed by atoms with Crippen molar-refractivity contribution >= 4 is 44.2 Å². The number of methoxy groups -OCH3 is 1. The molecule has 2 atom stereocenters. The molecule has 33 heavy (non-hydrogen) atoms. The minimum atomic E-state index is -3.65. The molecule has 1 aromatic heterocycles. The Morgan fingerprint density at radius 1 is 1.15 bits per heavy atom. The Labute approximate surface area is 198 Å². The fourth-order valence-electron chi connectivity index (χ4n) is 4.49. The Morgan fingerprint density at radius 3 is 2.52 bits per heavy atom. The number of piperidine rings is 1. The molecule has 0 aliphatic carbocycles. The van der Waals surface area contributed by atoms with Gasteiger partial charge in [-0.3, -0.25) is 4.79 Å². The number of halogens is 1. The zero-order valence-corrected chi connectivity index (χ0v) is 20.6. The average Bonchev–Trinajstić information content (AvgIpc) is 3.09. The van der Waals surface area contributed by atoms with Gasteiger partial charge >= 0.3 is 0 Å². The molecule has 0 unspecified atom stereocenters. The topological polar surface area (TPSA) is 88.8 Å². The summed E-state index contributed by atoms with van der Waals surface area (Å²) >= 11 is 6.05. The minimum absolute atomic E-state index is 0.0989. The Kier molecular flexibility index (Phi) is 6.44. The first-order chi connectivity index (χ1) is 15.6. The molecule has 1 amide bonds. The summed E-state index contributed by atoms with van der Waals surface area (Å²) in [6.07, 6.45) is 1.02. The second kappa shape index (κ2) is 9.00. The zero-order valence-electron chi connectivity index (χ0n) is 19.0. The minimum Gasteiger partial charge on any atom is -0.495 e. The summed E-state index contributed by atoms with van der Waals surface area (Å²) in [5, 5.41) is 3.79. The lowest BCUT2D eigenvalue weighted by Gasteiger charge is -2.34. The first-order valence-corrected chi connectivity index (χ1v) is 12.6. The highest BCUT2D eigenvalue weighted by Crippen LogP contribution is 2.33. The normalized spacial score (nSPS) is 19.5. The monoisotopic (exact) mass is 490 g/mol. The lowest BCUT2D eigenvalue weighted by Crippen LogP contribution is -2.42. The van der Waals surface area contributed by atoms with Crippen molar-refractivity contribution in [3.05, 3.63) is 52.7 Å². The van der Waals surface area contributed by atoms with E-state index in [-0.39, 0.29) is 10.7 Å². The number of hydrogen-bond donors (Lipinski definition) is 1. The van der Waals surface area contributed by atoms with Crippen LogP contribution in [0.4, 0.5) is 5.69 Å². The van der Waals surface area contributed by atoms with Crippen LogP contribution in [0.2, 0.25) is 5.02 Å². The van der Waals surface area contributed by atoms with Gasteiger partial charge in [0.1, 0.15) is 11.3 Å². The van der Waals surface area contributed by atoms with Crippen LogP contribution in [-0.2, 0) is 10.0 Å². The van der Waals surface area contributed by atoms with Crippen molar-refractivity contribution in [2.24, 2.45) is 11.8 Å². The lowest BCUT2D eigenvalue weighted by molar-refractivity contribution is 0.0997. The molecule has 1 saturated heterocycles. The molecule has 9 heteroatoms. The van der Waals surface area contributed by atoms with E-state index >= 15 is 0 Å². The number of ether oxygens (including phenoxy) is 1. The van der Waals surface area contributed by atoms with Gasteiger partial charge in [-0.05, 0) is 61.6 Å². The predicted octanol–water partition coefficient (Wildman–Crippen LogP) is 5.32. The number of sulfonamides is 1. The second-order valence-electron chi connectivity index (χ2n) is 8.78. The van der Waals surface area contributed by atoms with Crippen molar-refractivity contribution in [2.45, 2.75) is 32.1 Å². The second-order valence-corrected chi connectivity index (χ2v) is 11.2. The van der Waals surface area contributed by atoms with E-state index in [2.05, 4.69) is 19.2 Å². The summed E-state index contributed by atoms with van der Waals surface area (Å²) < 4.78 is 39.2. The van der Waals surface area contributed by atoms with Crippen LogP contribution in [-0.4, -0.2) is 38.8 Å². The number of furan rings is 1. The van der Waals surface area contributed by atoms with E-state index in [9.17, 15) is 13.2 Å². The van der Waals surface area contributed by atoms with Gasteiger partial charge in [-0.25, -0.2) is 8.42 Å². The van der Waals surface area contributed by atoms with Crippen molar-refractivity contribution in [2.75, 3.05) is 25.5 Å². The molecule has 3 aromatic rings. The standard InChI is InChI=1S/C24H27ClN2O5S/c1-14-9-15(2)13-27(12-14)33(29,30)18-6-8-21-19(11-18)16(3)23(32-21)24(28)26-20-10-17(25)5-7-22(20)31-4/h5-8,10-11,14-15H,9,12-13H2,1-4H3,(H,26,28)/t14-,15-/m0/s1. The van der Waals surface area contributed by atoms with Crippen molar-refractivity contribution in [3.63, 3.8) is 0 Å². The summed E-state index contributed by atoms with van der Waals surface area (Å²) in [5.74, 6) is 0.692. The van der Waals surface area contributed by atoms with Gasteiger partial charge in [-0.2, -0.15) is 4.31 Å². The summed E-state index contributed by atoms with van der Waals surface area (Å²) in [4.78, 5) is 13.2. The number of rotatable bonds is 5. The number of aryl methyl sites for hydroxylation is 1. The highest BCUT2D eigenvalue weighted by molar-refractivity contribution is 7.89. The van der Waals surface area contributed by atoms with Gasteiger partial charge in [0.05, 0.1) is 17.7 Å². The molecule has 7 nitrogen and oxygen atoms in total. The number of fused-ring (bicyclic) bond motifs is 1. The molecule has 1 N–H and O–H groups in total. The molecule has 1 fully saturated rings.